The number of amides is 1. The van der Waals surface area contributed by atoms with Gasteiger partial charge in [0.2, 0.25) is 5.91 Å². The lowest BCUT2D eigenvalue weighted by Crippen LogP contribution is -2.40. The van der Waals surface area contributed by atoms with Crippen molar-refractivity contribution in [3.8, 4) is 0 Å². The number of likely N-dealkylation sites (tertiary alicyclic amines) is 1. The number of piperidine rings is 1. The van der Waals surface area contributed by atoms with Gasteiger partial charge in [-0.2, -0.15) is 0 Å². The van der Waals surface area contributed by atoms with Crippen LogP contribution < -0.4 is 5.32 Å². The number of aryl methyl sites for hydroxylation is 1. The van der Waals surface area contributed by atoms with E-state index in [0.29, 0.717) is 16.7 Å². The highest BCUT2D eigenvalue weighted by Gasteiger charge is 2.24. The molecule has 1 amide bonds. The monoisotopic (exact) mass is 349 g/mol. The molecule has 2 aromatic heterocycles. The van der Waals surface area contributed by atoms with Gasteiger partial charge in [-0.15, -0.1) is 0 Å². The summed E-state index contributed by atoms with van der Waals surface area (Å²) in [5, 5.41) is 12.1. The van der Waals surface area contributed by atoms with Crippen molar-refractivity contribution in [1.82, 2.24) is 19.9 Å². The molecule has 1 fully saturated rings. The van der Waals surface area contributed by atoms with Crippen LogP contribution in [0.5, 0.6) is 0 Å². The Hall–Kier alpha value is -2.26. The van der Waals surface area contributed by atoms with Crippen LogP contribution in [0.2, 0.25) is 0 Å². The van der Waals surface area contributed by atoms with Gasteiger partial charge in [-0.1, -0.05) is 11.3 Å². The normalized spacial score (nSPS) is 18.5. The van der Waals surface area contributed by atoms with Gasteiger partial charge in [0.25, 0.3) is 0 Å². The van der Waals surface area contributed by atoms with Crippen LogP contribution in [0.1, 0.15) is 39.9 Å². The summed E-state index contributed by atoms with van der Waals surface area (Å²) in [6.07, 6.45) is 5.62. The highest BCUT2D eigenvalue weighted by molar-refractivity contribution is 7.17. The Morgan fingerprint density at radius 1 is 1.54 bits per heavy atom. The fraction of sp³-hybridized carbons (Fsp3) is 0.467. The van der Waals surface area contributed by atoms with Crippen LogP contribution in [0, 0.1) is 6.92 Å². The Bertz CT molecular complexity index is 728. The lowest BCUT2D eigenvalue weighted by atomic mass is 9.97. The molecule has 2 aromatic rings. The van der Waals surface area contributed by atoms with Crippen LogP contribution in [0.3, 0.4) is 0 Å². The first-order valence-electron chi connectivity index (χ1n) is 7.75. The molecule has 1 aliphatic rings. The second-order valence-corrected chi connectivity index (χ2v) is 6.83. The molecule has 0 saturated carbocycles. The molecule has 128 valence electrons. The number of hydrogen-bond donors (Lipinski definition) is 3. The molecule has 0 spiro atoms. The van der Waals surface area contributed by atoms with Crippen LogP contribution in [-0.4, -0.2) is 56.5 Å². The summed E-state index contributed by atoms with van der Waals surface area (Å²) in [5.41, 5.74) is 0.415. The molecule has 9 heteroatoms. The van der Waals surface area contributed by atoms with Crippen molar-refractivity contribution in [2.45, 2.75) is 25.7 Å². The molecule has 3 rings (SSSR count). The summed E-state index contributed by atoms with van der Waals surface area (Å²) >= 11 is 0.980. The van der Waals surface area contributed by atoms with Gasteiger partial charge in [0.05, 0.1) is 12.2 Å². The van der Waals surface area contributed by atoms with Crippen molar-refractivity contribution in [1.29, 1.82) is 0 Å². The molecule has 24 heavy (non-hydrogen) atoms. The average molecular weight is 349 g/mol. The molecule has 1 atom stereocenters. The fourth-order valence-electron chi connectivity index (χ4n) is 2.93. The van der Waals surface area contributed by atoms with Gasteiger partial charge in [0, 0.05) is 24.9 Å². The number of aromatic amines is 1. The lowest BCUT2D eigenvalue weighted by Gasteiger charge is -2.31. The summed E-state index contributed by atoms with van der Waals surface area (Å²) in [5.74, 6) is 0.0626. The highest BCUT2D eigenvalue weighted by Crippen LogP contribution is 2.25. The van der Waals surface area contributed by atoms with E-state index in [-0.39, 0.29) is 17.3 Å². The first kappa shape index (κ1) is 16.6. The molecular weight excluding hydrogens is 330 g/mol. The third-order valence-electron chi connectivity index (χ3n) is 4.02. The van der Waals surface area contributed by atoms with E-state index in [4.69, 9.17) is 5.11 Å². The summed E-state index contributed by atoms with van der Waals surface area (Å²) in [4.78, 5) is 37.0. The van der Waals surface area contributed by atoms with Gasteiger partial charge in [0.15, 0.2) is 5.13 Å². The predicted octanol–water partition coefficient (Wildman–Crippen LogP) is 1.69. The number of thiazole rings is 1. The number of rotatable bonds is 5. The maximum absolute atomic E-state index is 12.2. The molecular formula is C15H19N5O3S. The number of aromatic carboxylic acids is 1. The zero-order valence-electron chi connectivity index (χ0n) is 13.3. The molecule has 1 aliphatic heterocycles. The molecule has 0 aromatic carbocycles. The van der Waals surface area contributed by atoms with Gasteiger partial charge in [-0.05, 0) is 26.3 Å². The first-order valence-corrected chi connectivity index (χ1v) is 8.57. The van der Waals surface area contributed by atoms with E-state index in [2.05, 4.69) is 25.2 Å². The summed E-state index contributed by atoms with van der Waals surface area (Å²) in [6, 6.07) is 0. The zero-order valence-corrected chi connectivity index (χ0v) is 14.1. The summed E-state index contributed by atoms with van der Waals surface area (Å²) in [6.45, 7) is 3.52. The quantitative estimate of drug-likeness (QED) is 0.757. The standard InChI is InChI=1S/C15H19N5O3S/c1-9-12(14(22)23)24-15(18-9)19-11(21)8-20-6-2-3-10(7-20)13-16-4-5-17-13/h4-5,10H,2-3,6-8H2,1H3,(H,16,17)(H,22,23)(H,18,19,21)/t10-/m0/s1. The Kier molecular flexibility index (Phi) is 4.91. The van der Waals surface area contributed by atoms with Gasteiger partial charge in [-0.3, -0.25) is 9.69 Å². The second kappa shape index (κ2) is 7.10. The molecule has 1 saturated heterocycles. The van der Waals surface area contributed by atoms with Crippen molar-refractivity contribution in [2.75, 3.05) is 25.0 Å². The number of anilines is 1. The van der Waals surface area contributed by atoms with Crippen molar-refractivity contribution >= 4 is 28.3 Å². The highest BCUT2D eigenvalue weighted by atomic mass is 32.1. The van der Waals surface area contributed by atoms with Crippen LogP contribution in [0.25, 0.3) is 0 Å². The smallest absolute Gasteiger partial charge is 0.347 e. The van der Waals surface area contributed by atoms with E-state index in [0.717, 1.165) is 43.1 Å². The molecule has 0 aliphatic carbocycles. The van der Waals surface area contributed by atoms with E-state index >= 15 is 0 Å². The number of carboxylic acids is 1. The number of nitrogens with one attached hydrogen (secondary N) is 2. The molecule has 0 radical (unpaired) electrons. The number of carbonyl (C=O) groups is 2. The SMILES string of the molecule is Cc1nc(NC(=O)CN2CCC[C@H](c3ncc[nH]3)C2)sc1C(=O)O. The number of imidazole rings is 1. The van der Waals surface area contributed by atoms with Crippen LogP contribution in [0.4, 0.5) is 5.13 Å². The first-order chi connectivity index (χ1) is 11.5. The molecule has 3 heterocycles. The van der Waals surface area contributed by atoms with Crippen molar-refractivity contribution in [3.63, 3.8) is 0 Å². The van der Waals surface area contributed by atoms with Gasteiger partial charge in [0.1, 0.15) is 10.7 Å². The Labute approximate surface area is 142 Å². The summed E-state index contributed by atoms with van der Waals surface area (Å²) < 4.78 is 0. The van der Waals surface area contributed by atoms with Gasteiger partial charge >= 0.3 is 5.97 Å². The van der Waals surface area contributed by atoms with Crippen LogP contribution in [0.15, 0.2) is 12.4 Å². The summed E-state index contributed by atoms with van der Waals surface area (Å²) in [7, 11) is 0. The van der Waals surface area contributed by atoms with Crippen LogP contribution in [-0.2, 0) is 4.79 Å². The van der Waals surface area contributed by atoms with E-state index in [9.17, 15) is 9.59 Å². The number of carbonyl (C=O) groups excluding carboxylic acids is 1. The largest absolute Gasteiger partial charge is 0.477 e. The number of nitrogens with zero attached hydrogens (tertiary/aromatic N) is 3. The van der Waals surface area contributed by atoms with Gasteiger partial charge in [-0.25, -0.2) is 14.8 Å². The van der Waals surface area contributed by atoms with Gasteiger partial charge < -0.3 is 15.4 Å². The zero-order chi connectivity index (χ0) is 17.1. The second-order valence-electron chi connectivity index (χ2n) is 5.84. The Balaban J connectivity index is 1.56. The number of H-pyrrole nitrogens is 1. The topological polar surface area (TPSA) is 111 Å². The third-order valence-corrected chi connectivity index (χ3v) is 5.08. The Morgan fingerprint density at radius 3 is 3.04 bits per heavy atom. The minimum absolute atomic E-state index is 0.154. The molecule has 0 bridgehead atoms. The van der Waals surface area contributed by atoms with E-state index < -0.39 is 5.97 Å². The maximum Gasteiger partial charge on any atom is 0.347 e. The minimum Gasteiger partial charge on any atom is -0.477 e. The van der Waals surface area contributed by atoms with E-state index in [1.54, 1.807) is 13.1 Å². The Morgan fingerprint density at radius 2 is 2.38 bits per heavy atom. The molecule has 0 unspecified atom stereocenters. The van der Waals surface area contributed by atoms with Crippen molar-refractivity contribution in [2.24, 2.45) is 0 Å². The number of aromatic nitrogens is 3. The van der Waals surface area contributed by atoms with E-state index in [1.807, 2.05) is 6.20 Å². The lowest BCUT2D eigenvalue weighted by molar-refractivity contribution is -0.117. The van der Waals surface area contributed by atoms with Crippen molar-refractivity contribution < 1.29 is 14.7 Å². The predicted molar refractivity (Wildman–Crippen MR) is 89.4 cm³/mol. The number of hydrogen-bond acceptors (Lipinski definition) is 6. The van der Waals surface area contributed by atoms with Crippen molar-refractivity contribution in [3.05, 3.63) is 28.8 Å². The van der Waals surface area contributed by atoms with Crippen LogP contribution >= 0.6 is 11.3 Å². The maximum atomic E-state index is 12.2. The minimum atomic E-state index is -1.03. The average Bonchev–Trinajstić information content (AvgIpc) is 3.17. The number of carboxylic acid groups (broad SMARTS) is 1. The molecule has 3 N–H and O–H groups in total. The molecule has 8 nitrogen and oxygen atoms in total. The van der Waals surface area contributed by atoms with E-state index in [1.165, 1.54) is 0 Å². The fourth-order valence-corrected chi connectivity index (χ4v) is 3.75. The third kappa shape index (κ3) is 3.80.